The summed E-state index contributed by atoms with van der Waals surface area (Å²) in [5.74, 6) is 0. The SMILES string of the molecule is CCCN(CC[CH2][In]([CH2]C)[CH2]CCN(C)C)C(C)C. The second-order valence-corrected chi connectivity index (χ2v) is 17.1. The van der Waals surface area contributed by atoms with E-state index in [0.29, 0.717) is 0 Å². The second-order valence-electron chi connectivity index (χ2n) is 6.49. The van der Waals surface area contributed by atoms with Crippen molar-refractivity contribution in [2.24, 2.45) is 0 Å². The molecular weight excluding hydrogens is 335 g/mol. The molecule has 0 atom stereocenters. The fourth-order valence-corrected chi connectivity index (χ4v) is 10.2. The third kappa shape index (κ3) is 11.2. The van der Waals surface area contributed by atoms with Crippen LogP contribution < -0.4 is 0 Å². The maximum atomic E-state index is 2.67. The molecule has 0 aliphatic heterocycles. The van der Waals surface area contributed by atoms with E-state index in [1.807, 2.05) is 0 Å². The molecule has 0 aromatic carbocycles. The van der Waals surface area contributed by atoms with Gasteiger partial charge in [-0.1, -0.05) is 0 Å². The Balaban J connectivity index is 3.80. The Labute approximate surface area is 130 Å². The molecule has 3 heteroatoms. The monoisotopic (exact) mass is 372 g/mol. The van der Waals surface area contributed by atoms with Gasteiger partial charge in [-0.05, 0) is 0 Å². The van der Waals surface area contributed by atoms with E-state index >= 15 is 0 Å². The van der Waals surface area contributed by atoms with E-state index in [-0.39, 0.29) is 0 Å². The van der Waals surface area contributed by atoms with Crippen molar-refractivity contribution in [3.63, 3.8) is 0 Å². The van der Waals surface area contributed by atoms with E-state index in [9.17, 15) is 0 Å². The average molecular weight is 372 g/mol. The van der Waals surface area contributed by atoms with Crippen LogP contribution in [-0.2, 0) is 0 Å². The molecule has 0 aromatic rings. The number of hydrogen-bond donors (Lipinski definition) is 0. The molecule has 0 rings (SSSR count). The van der Waals surface area contributed by atoms with Gasteiger partial charge in [-0.3, -0.25) is 0 Å². The number of hydrogen-bond acceptors (Lipinski definition) is 2. The van der Waals surface area contributed by atoms with Crippen LogP contribution in [0, 0.1) is 0 Å². The van der Waals surface area contributed by atoms with E-state index in [4.69, 9.17) is 0 Å². The van der Waals surface area contributed by atoms with Crippen LogP contribution in [0.15, 0.2) is 0 Å². The molecule has 0 aromatic heterocycles. The molecule has 114 valence electrons. The quantitative estimate of drug-likeness (QED) is 0.512. The summed E-state index contributed by atoms with van der Waals surface area (Å²) in [6.45, 7) is 13.3. The fraction of sp³-hybridized carbons (Fsp3) is 1.00. The zero-order chi connectivity index (χ0) is 14.7. The van der Waals surface area contributed by atoms with Crippen LogP contribution in [0.5, 0.6) is 0 Å². The topological polar surface area (TPSA) is 6.48 Å². The molecule has 0 unspecified atom stereocenters. The normalized spacial score (nSPS) is 11.8. The van der Waals surface area contributed by atoms with Gasteiger partial charge >= 0.3 is 130 Å². The van der Waals surface area contributed by atoms with Crippen molar-refractivity contribution in [3.8, 4) is 0 Å². The summed E-state index contributed by atoms with van der Waals surface area (Å²) in [4.78, 5) is 5.00. The molecule has 0 fully saturated rings. The van der Waals surface area contributed by atoms with Crippen LogP contribution in [0.3, 0.4) is 0 Å². The van der Waals surface area contributed by atoms with Gasteiger partial charge < -0.3 is 0 Å². The molecule has 2 nitrogen and oxygen atoms in total. The Morgan fingerprint density at radius 2 is 1.47 bits per heavy atom. The molecule has 0 saturated heterocycles. The van der Waals surface area contributed by atoms with Gasteiger partial charge in [0.05, 0.1) is 0 Å². The molecule has 0 N–H and O–H groups in total. The van der Waals surface area contributed by atoms with Crippen molar-refractivity contribution >= 4 is 21.4 Å². The summed E-state index contributed by atoms with van der Waals surface area (Å²) in [6, 6.07) is 0.726. The van der Waals surface area contributed by atoms with Crippen molar-refractivity contribution in [2.45, 2.75) is 65.5 Å². The van der Waals surface area contributed by atoms with Gasteiger partial charge in [-0.15, -0.1) is 0 Å². The Morgan fingerprint density at radius 1 is 0.895 bits per heavy atom. The molecule has 0 aliphatic rings. The van der Waals surface area contributed by atoms with Gasteiger partial charge in [0.15, 0.2) is 0 Å². The summed E-state index contributed by atoms with van der Waals surface area (Å²) in [6.07, 6.45) is 4.21. The Bertz CT molecular complexity index is 195. The minimum absolute atomic E-state index is 0.726. The third-order valence-corrected chi connectivity index (χ3v) is 14.4. The van der Waals surface area contributed by atoms with Crippen molar-refractivity contribution < 1.29 is 0 Å². The van der Waals surface area contributed by atoms with E-state index in [0.717, 1.165) is 6.04 Å². The van der Waals surface area contributed by atoms with Crippen LogP contribution in [0.2, 0.25) is 12.5 Å². The fourth-order valence-electron chi connectivity index (χ4n) is 2.75. The predicted molar refractivity (Wildman–Crippen MR) is 90.6 cm³/mol. The molecule has 0 spiro atoms. The minimum atomic E-state index is -1.14. The van der Waals surface area contributed by atoms with Gasteiger partial charge in [-0.25, -0.2) is 0 Å². The maximum absolute atomic E-state index is 2.67. The van der Waals surface area contributed by atoms with Crippen molar-refractivity contribution in [2.75, 3.05) is 33.7 Å². The van der Waals surface area contributed by atoms with Crippen LogP contribution in [-0.4, -0.2) is 71.0 Å². The third-order valence-electron chi connectivity index (χ3n) is 4.09. The summed E-state index contributed by atoms with van der Waals surface area (Å²) in [5, 5.41) is 0. The standard InChI is InChI=1S/C9H20N.C5H12N.C2H5.In/c1-5-7-10(8-6-2)9(3)4;1-4-5-6(2)3;1-2;/h9H,1,5-8H2,2-4H3;1,4-5H2,2-3H3;1H2,2H3;. The predicted octanol–water partition coefficient (Wildman–Crippen LogP) is 3.96. The number of rotatable bonds is 12. The molecular formula is C16H37InN2. The van der Waals surface area contributed by atoms with Gasteiger partial charge in [0.1, 0.15) is 0 Å². The summed E-state index contributed by atoms with van der Waals surface area (Å²) in [7, 11) is 4.39. The zero-order valence-electron chi connectivity index (χ0n) is 14.4. The summed E-state index contributed by atoms with van der Waals surface area (Å²) in [5.41, 5.74) is 0. The van der Waals surface area contributed by atoms with E-state index < -0.39 is 21.4 Å². The first-order valence-corrected chi connectivity index (χ1v) is 15.4. The summed E-state index contributed by atoms with van der Waals surface area (Å²) >= 11 is -1.14. The van der Waals surface area contributed by atoms with E-state index in [1.165, 1.54) is 38.9 Å². The van der Waals surface area contributed by atoms with Crippen molar-refractivity contribution in [1.29, 1.82) is 0 Å². The second kappa shape index (κ2) is 12.5. The molecule has 0 aliphatic carbocycles. The van der Waals surface area contributed by atoms with Crippen LogP contribution in [0.25, 0.3) is 0 Å². The average Bonchev–Trinajstić information content (AvgIpc) is 2.35. The summed E-state index contributed by atoms with van der Waals surface area (Å²) < 4.78 is 4.80. The van der Waals surface area contributed by atoms with Crippen LogP contribution in [0.1, 0.15) is 47.0 Å². The molecule has 0 radical (unpaired) electrons. The zero-order valence-corrected chi connectivity index (χ0v) is 17.7. The molecule has 19 heavy (non-hydrogen) atoms. The Hall–Kier alpha value is 0.790. The molecule has 0 saturated carbocycles. The number of nitrogens with zero attached hydrogens (tertiary/aromatic N) is 2. The molecule has 0 heterocycles. The molecule has 0 amide bonds. The first kappa shape index (κ1) is 19.8. The van der Waals surface area contributed by atoms with Gasteiger partial charge in [0.25, 0.3) is 0 Å². The van der Waals surface area contributed by atoms with Crippen LogP contribution >= 0.6 is 0 Å². The molecule has 0 bridgehead atoms. The first-order chi connectivity index (χ1) is 9.01. The van der Waals surface area contributed by atoms with E-state index in [2.05, 4.69) is 51.6 Å². The van der Waals surface area contributed by atoms with Crippen LogP contribution in [0.4, 0.5) is 0 Å². The van der Waals surface area contributed by atoms with Gasteiger partial charge in [0, 0.05) is 0 Å². The van der Waals surface area contributed by atoms with E-state index in [1.54, 1.807) is 12.5 Å². The first-order valence-electron chi connectivity index (χ1n) is 8.39. The van der Waals surface area contributed by atoms with Crippen molar-refractivity contribution in [1.82, 2.24) is 9.80 Å². The van der Waals surface area contributed by atoms with Gasteiger partial charge in [0.2, 0.25) is 0 Å². The Kier molecular flexibility index (Phi) is 13.0. The van der Waals surface area contributed by atoms with Gasteiger partial charge in [-0.2, -0.15) is 0 Å². The van der Waals surface area contributed by atoms with Crippen molar-refractivity contribution in [3.05, 3.63) is 0 Å². The Morgan fingerprint density at radius 3 is 1.89 bits per heavy atom.